The van der Waals surface area contributed by atoms with E-state index < -0.39 is 5.95 Å². The van der Waals surface area contributed by atoms with Gasteiger partial charge in [-0.3, -0.25) is 0 Å². The van der Waals surface area contributed by atoms with E-state index in [-0.39, 0.29) is 0 Å². The number of anilines is 1. The third-order valence-corrected chi connectivity index (χ3v) is 1.66. The summed E-state index contributed by atoms with van der Waals surface area (Å²) in [7, 11) is 0. The average Bonchev–Trinajstić information content (AvgIpc) is 2.23. The molecule has 0 atom stereocenters. The summed E-state index contributed by atoms with van der Waals surface area (Å²) in [5, 5.41) is 3.35. The van der Waals surface area contributed by atoms with E-state index in [1.807, 2.05) is 0 Å². The highest BCUT2D eigenvalue weighted by Crippen LogP contribution is 2.11. The zero-order chi connectivity index (χ0) is 11.1. The highest BCUT2D eigenvalue weighted by Gasteiger charge is 1.97. The predicted octanol–water partition coefficient (Wildman–Crippen LogP) is 2.52. The normalized spacial score (nSPS) is 10.2. The maximum absolute atomic E-state index is 12.7. The van der Waals surface area contributed by atoms with Crippen molar-refractivity contribution < 1.29 is 4.39 Å². The van der Waals surface area contributed by atoms with Crippen molar-refractivity contribution in [2.75, 3.05) is 12.3 Å². The van der Waals surface area contributed by atoms with Crippen molar-refractivity contribution in [3.63, 3.8) is 0 Å². The van der Waals surface area contributed by atoms with Gasteiger partial charge in [0.2, 0.25) is 5.95 Å². The number of nitrogens with zero attached hydrogens (tertiary/aromatic N) is 4. The maximum Gasteiger partial charge on any atom is 0.213 e. The first kappa shape index (κ1) is 11.0. The maximum atomic E-state index is 12.7. The Hall–Kier alpha value is -2.07. The van der Waals surface area contributed by atoms with Crippen molar-refractivity contribution in [2.24, 2.45) is 5.11 Å². The number of hydrogen-bond donors (Lipinski definition) is 1. The molecular formula is C9H10FN5. The van der Waals surface area contributed by atoms with Crippen LogP contribution in [0.25, 0.3) is 16.5 Å². The summed E-state index contributed by atoms with van der Waals surface area (Å²) in [4.78, 5) is 6.21. The zero-order valence-electron chi connectivity index (χ0n) is 7.97. The molecular weight excluding hydrogens is 197 g/mol. The Bertz CT molecular complexity index is 409. The molecule has 0 fully saturated rings. The summed E-state index contributed by atoms with van der Waals surface area (Å²) in [5.74, 6) is -0.570. The molecule has 0 aliphatic heterocycles. The van der Waals surface area contributed by atoms with E-state index >= 15 is 0 Å². The summed E-state index contributed by atoms with van der Waals surface area (Å²) in [6, 6.07) is 2.65. The van der Waals surface area contributed by atoms with Gasteiger partial charge in [0.05, 0.1) is 11.4 Å². The minimum absolute atomic E-state index is 0.363. The van der Waals surface area contributed by atoms with Crippen molar-refractivity contribution in [3.05, 3.63) is 40.3 Å². The molecule has 0 radical (unpaired) electrons. The number of halogens is 1. The second kappa shape index (κ2) is 5.62. The molecule has 2 N–H and O–H groups in total. The van der Waals surface area contributed by atoms with E-state index in [2.05, 4.69) is 15.0 Å². The topological polar surface area (TPSA) is 87.7 Å². The summed E-state index contributed by atoms with van der Waals surface area (Å²) in [6.07, 6.45) is 3.90. The zero-order valence-corrected chi connectivity index (χ0v) is 7.97. The van der Waals surface area contributed by atoms with Gasteiger partial charge in [0.15, 0.2) is 0 Å². The number of nitrogen functional groups attached to an aromatic ring is 1. The smallest absolute Gasteiger partial charge is 0.213 e. The van der Waals surface area contributed by atoms with Crippen LogP contribution in [-0.4, -0.2) is 11.5 Å². The molecule has 1 rings (SSSR count). The Balaban J connectivity index is 2.63. The molecule has 5 nitrogen and oxygen atoms in total. The van der Waals surface area contributed by atoms with Crippen LogP contribution in [0.3, 0.4) is 0 Å². The highest BCUT2D eigenvalue weighted by molar-refractivity contribution is 5.60. The van der Waals surface area contributed by atoms with Crippen molar-refractivity contribution in [1.29, 1.82) is 0 Å². The van der Waals surface area contributed by atoms with Crippen molar-refractivity contribution in [3.8, 4) is 0 Å². The molecule has 78 valence electrons. The van der Waals surface area contributed by atoms with Crippen molar-refractivity contribution in [2.45, 2.75) is 6.42 Å². The number of rotatable bonds is 4. The Morgan fingerprint density at radius 3 is 3.13 bits per heavy atom. The van der Waals surface area contributed by atoms with E-state index in [0.29, 0.717) is 24.3 Å². The van der Waals surface area contributed by atoms with Crippen LogP contribution < -0.4 is 5.73 Å². The number of hydrogen-bond acceptors (Lipinski definition) is 3. The van der Waals surface area contributed by atoms with E-state index in [1.165, 1.54) is 12.1 Å². The lowest BCUT2D eigenvalue weighted by molar-refractivity contribution is 0.583. The predicted molar refractivity (Wildman–Crippen MR) is 56.3 cm³/mol. The first-order chi connectivity index (χ1) is 7.24. The van der Waals surface area contributed by atoms with Crippen LogP contribution >= 0.6 is 0 Å². The average molecular weight is 207 g/mol. The molecule has 6 heteroatoms. The number of azide groups is 1. The van der Waals surface area contributed by atoms with Gasteiger partial charge in [-0.15, -0.1) is 0 Å². The lowest BCUT2D eigenvalue weighted by atomic mass is 10.2. The second-order valence-corrected chi connectivity index (χ2v) is 2.75. The van der Waals surface area contributed by atoms with Gasteiger partial charge < -0.3 is 5.73 Å². The van der Waals surface area contributed by atoms with Crippen LogP contribution in [0.15, 0.2) is 23.3 Å². The van der Waals surface area contributed by atoms with Crippen LogP contribution in [0.4, 0.5) is 10.1 Å². The second-order valence-electron chi connectivity index (χ2n) is 2.75. The van der Waals surface area contributed by atoms with Gasteiger partial charge in [-0.25, -0.2) is 4.98 Å². The minimum atomic E-state index is -0.570. The van der Waals surface area contributed by atoms with Crippen molar-refractivity contribution >= 4 is 11.8 Å². The van der Waals surface area contributed by atoms with E-state index in [4.69, 9.17) is 11.3 Å². The number of aromatic nitrogens is 1. The van der Waals surface area contributed by atoms with Gasteiger partial charge in [0.1, 0.15) is 0 Å². The van der Waals surface area contributed by atoms with Crippen LogP contribution in [0.1, 0.15) is 12.1 Å². The van der Waals surface area contributed by atoms with Gasteiger partial charge in [-0.05, 0) is 30.2 Å². The van der Waals surface area contributed by atoms with Gasteiger partial charge >= 0.3 is 0 Å². The molecule has 0 spiro atoms. The lowest BCUT2D eigenvalue weighted by Crippen LogP contribution is -1.94. The quantitative estimate of drug-likeness (QED) is 0.270. The molecule has 0 bridgehead atoms. The Morgan fingerprint density at radius 2 is 2.40 bits per heavy atom. The largest absolute Gasteiger partial charge is 0.397 e. The lowest BCUT2D eigenvalue weighted by Gasteiger charge is -1.98. The van der Waals surface area contributed by atoms with Gasteiger partial charge in [0.25, 0.3) is 0 Å². The molecule has 1 aromatic heterocycles. The molecule has 15 heavy (non-hydrogen) atoms. The Morgan fingerprint density at radius 1 is 1.60 bits per heavy atom. The van der Waals surface area contributed by atoms with E-state index in [9.17, 15) is 4.39 Å². The van der Waals surface area contributed by atoms with Gasteiger partial charge in [0, 0.05) is 11.5 Å². The van der Waals surface area contributed by atoms with Crippen molar-refractivity contribution in [1.82, 2.24) is 4.98 Å². The van der Waals surface area contributed by atoms with Crippen LogP contribution in [-0.2, 0) is 0 Å². The fourth-order valence-electron chi connectivity index (χ4n) is 0.966. The molecule has 0 unspecified atom stereocenters. The van der Waals surface area contributed by atoms with Crippen LogP contribution in [0.5, 0.6) is 0 Å². The summed E-state index contributed by atoms with van der Waals surface area (Å²) in [6.45, 7) is 0.363. The van der Waals surface area contributed by atoms with E-state index in [1.54, 1.807) is 12.2 Å². The molecule has 0 aliphatic rings. The third-order valence-electron chi connectivity index (χ3n) is 1.66. The van der Waals surface area contributed by atoms with Crippen LogP contribution in [0.2, 0.25) is 0 Å². The standard InChI is InChI=1S/C9H10FN5/c10-9-5-4-7(11)8(14-9)3-1-2-6-13-15-12/h1,3-5H,2,6,11H2. The van der Waals surface area contributed by atoms with Crippen LogP contribution in [0, 0.1) is 5.95 Å². The highest BCUT2D eigenvalue weighted by atomic mass is 19.1. The molecule has 1 heterocycles. The summed E-state index contributed by atoms with van der Waals surface area (Å²) < 4.78 is 12.7. The summed E-state index contributed by atoms with van der Waals surface area (Å²) >= 11 is 0. The van der Waals surface area contributed by atoms with Gasteiger partial charge in [-0.2, -0.15) is 4.39 Å². The Kier molecular flexibility index (Phi) is 4.12. The molecule has 0 saturated carbocycles. The first-order valence-corrected chi connectivity index (χ1v) is 4.33. The molecule has 0 saturated heterocycles. The monoisotopic (exact) mass is 207 g/mol. The van der Waals surface area contributed by atoms with Gasteiger partial charge in [-0.1, -0.05) is 11.2 Å². The third kappa shape index (κ3) is 3.66. The minimum Gasteiger partial charge on any atom is -0.397 e. The molecule has 0 aliphatic carbocycles. The molecule has 0 aromatic carbocycles. The van der Waals surface area contributed by atoms with E-state index in [0.717, 1.165) is 0 Å². The molecule has 0 amide bonds. The molecule has 1 aromatic rings. The number of pyridine rings is 1. The summed E-state index contributed by atoms with van der Waals surface area (Å²) in [5.41, 5.74) is 14.4. The SMILES string of the molecule is [N-]=[N+]=NCCC=Cc1nc(F)ccc1N. The number of nitrogens with two attached hydrogens (primary N) is 1. The Labute approximate surface area is 86.1 Å². The fraction of sp³-hybridized carbons (Fsp3) is 0.222. The fourth-order valence-corrected chi connectivity index (χ4v) is 0.966. The first-order valence-electron chi connectivity index (χ1n) is 4.33.